The summed E-state index contributed by atoms with van der Waals surface area (Å²) in [4.78, 5) is 36.3. The van der Waals surface area contributed by atoms with Crippen LogP contribution in [0.15, 0.2) is 41.2 Å². The number of nitrogens with one attached hydrogen (secondary N) is 2. The molecule has 1 saturated heterocycles. The Morgan fingerprint density at radius 1 is 1.17 bits per heavy atom. The van der Waals surface area contributed by atoms with E-state index in [2.05, 4.69) is 15.5 Å². The Morgan fingerprint density at radius 3 is 2.61 bits per heavy atom. The second-order valence-electron chi connectivity index (χ2n) is 4.91. The third-order valence-electron chi connectivity index (χ3n) is 3.33. The second-order valence-corrected chi connectivity index (χ2v) is 4.91. The van der Waals surface area contributed by atoms with Gasteiger partial charge >= 0.3 is 0 Å². The molecule has 8 nitrogen and oxygen atoms in total. The van der Waals surface area contributed by atoms with Gasteiger partial charge in [0.2, 0.25) is 0 Å². The molecular weight excluding hydrogens is 300 g/mol. The lowest BCUT2D eigenvalue weighted by Gasteiger charge is -2.26. The summed E-state index contributed by atoms with van der Waals surface area (Å²) < 4.78 is 5.09. The van der Waals surface area contributed by atoms with E-state index in [4.69, 9.17) is 4.74 Å². The van der Waals surface area contributed by atoms with Gasteiger partial charge in [0.15, 0.2) is 0 Å². The van der Waals surface area contributed by atoms with Crippen LogP contribution >= 0.6 is 0 Å². The summed E-state index contributed by atoms with van der Waals surface area (Å²) in [6.07, 6.45) is 0. The first-order valence-corrected chi connectivity index (χ1v) is 6.99. The molecule has 3 rings (SSSR count). The fourth-order valence-electron chi connectivity index (χ4n) is 2.18. The number of benzene rings is 1. The van der Waals surface area contributed by atoms with Gasteiger partial charge in [-0.3, -0.25) is 14.4 Å². The molecule has 0 bridgehead atoms. The number of rotatable bonds is 3. The number of hydrogen-bond acceptors (Lipinski definition) is 5. The van der Waals surface area contributed by atoms with Crippen molar-refractivity contribution in [3.05, 3.63) is 52.4 Å². The molecule has 0 radical (unpaired) electrons. The minimum Gasteiger partial charge on any atom is -0.370 e. The summed E-state index contributed by atoms with van der Waals surface area (Å²) in [5.41, 5.74) is 1.05. The van der Waals surface area contributed by atoms with E-state index in [1.54, 1.807) is 29.2 Å². The van der Waals surface area contributed by atoms with Crippen LogP contribution in [0.2, 0.25) is 0 Å². The molecule has 0 unspecified atom stereocenters. The van der Waals surface area contributed by atoms with Gasteiger partial charge in [0, 0.05) is 24.0 Å². The van der Waals surface area contributed by atoms with Crippen molar-refractivity contribution in [3.8, 4) is 0 Å². The standard InChI is InChI=1S/C15H14N4O4/c20-13-6-5-12(17-18-13)15(22)16-10-1-3-11(4-2-10)19-7-8-23-9-14(19)21/h1-6H,7-9H2,(H,16,22)(H,18,20). The molecule has 1 aliphatic heterocycles. The molecule has 1 aromatic carbocycles. The molecule has 2 aromatic rings. The Hall–Kier alpha value is -3.00. The molecule has 23 heavy (non-hydrogen) atoms. The third kappa shape index (κ3) is 3.43. The van der Waals surface area contributed by atoms with Gasteiger partial charge in [0.25, 0.3) is 17.4 Å². The predicted octanol–water partition coefficient (Wildman–Crippen LogP) is 0.385. The highest BCUT2D eigenvalue weighted by Crippen LogP contribution is 2.19. The average molecular weight is 314 g/mol. The minimum atomic E-state index is -0.434. The summed E-state index contributed by atoms with van der Waals surface area (Å²) >= 11 is 0. The number of H-pyrrole nitrogens is 1. The number of carbonyl (C=O) groups is 2. The minimum absolute atomic E-state index is 0.0797. The Kier molecular flexibility index (Phi) is 4.15. The van der Waals surface area contributed by atoms with E-state index >= 15 is 0 Å². The first-order valence-electron chi connectivity index (χ1n) is 6.99. The van der Waals surface area contributed by atoms with Crippen LogP contribution in [-0.2, 0) is 9.53 Å². The maximum Gasteiger partial charge on any atom is 0.276 e. The van der Waals surface area contributed by atoms with Gasteiger partial charge in [-0.1, -0.05) is 0 Å². The van der Waals surface area contributed by atoms with Gasteiger partial charge in [-0.15, -0.1) is 0 Å². The number of aromatic amines is 1. The monoisotopic (exact) mass is 314 g/mol. The molecule has 2 heterocycles. The second kappa shape index (κ2) is 6.41. The van der Waals surface area contributed by atoms with Crippen LogP contribution in [0.3, 0.4) is 0 Å². The van der Waals surface area contributed by atoms with Crippen molar-refractivity contribution in [2.75, 3.05) is 30.0 Å². The van der Waals surface area contributed by atoms with Crippen LogP contribution < -0.4 is 15.8 Å². The molecule has 1 fully saturated rings. The molecule has 0 atom stereocenters. The SMILES string of the molecule is O=C(Nc1ccc(N2CCOCC2=O)cc1)c1ccc(=O)[nH]n1. The summed E-state index contributed by atoms with van der Waals surface area (Å²) in [6.45, 7) is 1.09. The lowest BCUT2D eigenvalue weighted by Crippen LogP contribution is -2.41. The number of anilines is 2. The Morgan fingerprint density at radius 2 is 1.96 bits per heavy atom. The third-order valence-corrected chi connectivity index (χ3v) is 3.33. The van der Waals surface area contributed by atoms with Crippen molar-refractivity contribution in [1.82, 2.24) is 10.2 Å². The smallest absolute Gasteiger partial charge is 0.276 e. The molecule has 0 spiro atoms. The molecule has 2 amide bonds. The number of hydrogen-bond donors (Lipinski definition) is 2. The molecule has 1 aromatic heterocycles. The van der Waals surface area contributed by atoms with Crippen LogP contribution in [0.1, 0.15) is 10.5 Å². The van der Waals surface area contributed by atoms with E-state index in [1.807, 2.05) is 0 Å². The maximum atomic E-state index is 12.0. The molecule has 0 aliphatic carbocycles. The fraction of sp³-hybridized carbons (Fsp3) is 0.200. The largest absolute Gasteiger partial charge is 0.370 e. The number of morpholine rings is 1. The first kappa shape index (κ1) is 14.9. The number of nitrogens with zero attached hydrogens (tertiary/aromatic N) is 2. The van der Waals surface area contributed by atoms with Crippen LogP contribution in [0.5, 0.6) is 0 Å². The molecular formula is C15H14N4O4. The number of aromatic nitrogens is 2. The van der Waals surface area contributed by atoms with Crippen LogP contribution in [0.4, 0.5) is 11.4 Å². The lowest BCUT2D eigenvalue weighted by molar-refractivity contribution is -0.125. The van der Waals surface area contributed by atoms with Crippen molar-refractivity contribution < 1.29 is 14.3 Å². The van der Waals surface area contributed by atoms with Gasteiger partial charge < -0.3 is 15.0 Å². The highest BCUT2D eigenvalue weighted by Gasteiger charge is 2.20. The van der Waals surface area contributed by atoms with E-state index in [1.165, 1.54) is 12.1 Å². The van der Waals surface area contributed by atoms with Gasteiger partial charge in [-0.05, 0) is 30.3 Å². The zero-order valence-electron chi connectivity index (χ0n) is 12.1. The lowest BCUT2D eigenvalue weighted by atomic mass is 10.2. The predicted molar refractivity (Wildman–Crippen MR) is 82.4 cm³/mol. The average Bonchev–Trinajstić information content (AvgIpc) is 2.57. The van der Waals surface area contributed by atoms with E-state index in [0.717, 1.165) is 5.69 Å². The number of ether oxygens (including phenoxy) is 1. The number of carbonyl (C=O) groups excluding carboxylic acids is 2. The van der Waals surface area contributed by atoms with E-state index in [9.17, 15) is 14.4 Å². The molecule has 118 valence electrons. The van der Waals surface area contributed by atoms with Crippen LogP contribution in [-0.4, -0.2) is 41.8 Å². The van der Waals surface area contributed by atoms with Crippen molar-refractivity contribution in [2.45, 2.75) is 0 Å². The van der Waals surface area contributed by atoms with E-state index in [-0.39, 0.29) is 23.8 Å². The van der Waals surface area contributed by atoms with Crippen molar-refractivity contribution in [3.63, 3.8) is 0 Å². The highest BCUT2D eigenvalue weighted by molar-refractivity contribution is 6.03. The summed E-state index contributed by atoms with van der Waals surface area (Å²) in [5.74, 6) is -0.526. The van der Waals surface area contributed by atoms with Gasteiger partial charge in [0.1, 0.15) is 12.3 Å². The Labute approximate surface area is 131 Å². The summed E-state index contributed by atoms with van der Waals surface area (Å²) in [7, 11) is 0. The fourth-order valence-corrected chi connectivity index (χ4v) is 2.18. The van der Waals surface area contributed by atoms with Crippen molar-refractivity contribution in [1.29, 1.82) is 0 Å². The topological polar surface area (TPSA) is 104 Å². The zero-order valence-corrected chi connectivity index (χ0v) is 12.1. The molecule has 0 saturated carbocycles. The van der Waals surface area contributed by atoms with E-state index in [0.29, 0.717) is 18.8 Å². The first-order chi connectivity index (χ1) is 11.1. The Bertz CT molecular complexity index is 764. The van der Waals surface area contributed by atoms with Gasteiger partial charge in [-0.2, -0.15) is 5.10 Å². The maximum absolute atomic E-state index is 12.0. The molecule has 2 N–H and O–H groups in total. The Balaban J connectivity index is 1.69. The van der Waals surface area contributed by atoms with Crippen LogP contribution in [0, 0.1) is 0 Å². The van der Waals surface area contributed by atoms with E-state index < -0.39 is 5.91 Å². The molecule has 8 heteroatoms. The molecule has 1 aliphatic rings. The van der Waals surface area contributed by atoms with Crippen LogP contribution in [0.25, 0.3) is 0 Å². The normalized spacial score (nSPS) is 14.6. The zero-order chi connectivity index (χ0) is 16.2. The summed E-state index contributed by atoms with van der Waals surface area (Å²) in [5, 5.41) is 8.53. The number of amides is 2. The van der Waals surface area contributed by atoms with Crippen molar-refractivity contribution >= 4 is 23.2 Å². The summed E-state index contributed by atoms with van der Waals surface area (Å²) in [6, 6.07) is 9.46. The quantitative estimate of drug-likeness (QED) is 0.852. The van der Waals surface area contributed by atoms with Crippen molar-refractivity contribution in [2.24, 2.45) is 0 Å². The van der Waals surface area contributed by atoms with Gasteiger partial charge in [0.05, 0.1) is 6.61 Å². The van der Waals surface area contributed by atoms with Gasteiger partial charge in [-0.25, -0.2) is 5.10 Å². The highest BCUT2D eigenvalue weighted by atomic mass is 16.5.